The Bertz CT molecular complexity index is 726. The van der Waals surface area contributed by atoms with Crippen molar-refractivity contribution < 1.29 is 27.5 Å². The molecule has 2 rings (SSSR count). The molecule has 1 N–H and O–H groups in total. The Balaban J connectivity index is 1.96. The number of carbonyl (C=O) groups excluding carboxylic acids is 2. The quantitative estimate of drug-likeness (QED) is 0.697. The Morgan fingerprint density at radius 2 is 1.85 bits per heavy atom. The number of sulfonamides is 1. The van der Waals surface area contributed by atoms with Crippen molar-refractivity contribution in [1.82, 2.24) is 9.62 Å². The zero-order valence-corrected chi connectivity index (χ0v) is 15.8. The number of hydrogen-bond acceptors (Lipinski definition) is 6. The summed E-state index contributed by atoms with van der Waals surface area (Å²) < 4.78 is 36.5. The first-order valence-corrected chi connectivity index (χ1v) is 9.93. The molecule has 1 fully saturated rings. The fourth-order valence-corrected chi connectivity index (χ4v) is 3.74. The standard InChI is InChI=1S/C17H24N2O6S/c1-3-13(2)18-16(20)12-25-17(21)14-4-6-15(7-5-14)26(22,23)19-8-10-24-11-9-19/h4-7,13H,3,8-12H2,1-2H3,(H,18,20)/t13-/m0/s1. The van der Waals surface area contributed by atoms with E-state index in [4.69, 9.17) is 9.47 Å². The fraction of sp³-hybridized carbons (Fsp3) is 0.529. The molecule has 1 atom stereocenters. The highest BCUT2D eigenvalue weighted by Crippen LogP contribution is 2.18. The highest BCUT2D eigenvalue weighted by atomic mass is 32.2. The maximum absolute atomic E-state index is 12.5. The van der Waals surface area contributed by atoms with Crippen molar-refractivity contribution in [2.75, 3.05) is 32.9 Å². The lowest BCUT2D eigenvalue weighted by Gasteiger charge is -2.26. The van der Waals surface area contributed by atoms with E-state index in [1.54, 1.807) is 0 Å². The number of esters is 1. The maximum atomic E-state index is 12.5. The molecule has 0 unspecified atom stereocenters. The highest BCUT2D eigenvalue weighted by molar-refractivity contribution is 7.89. The third-order valence-electron chi connectivity index (χ3n) is 4.05. The van der Waals surface area contributed by atoms with Crippen molar-refractivity contribution in [3.05, 3.63) is 29.8 Å². The number of hydrogen-bond donors (Lipinski definition) is 1. The molecule has 1 aromatic carbocycles. The van der Waals surface area contributed by atoms with Crippen molar-refractivity contribution >= 4 is 21.9 Å². The summed E-state index contributed by atoms with van der Waals surface area (Å²) in [5, 5.41) is 2.69. The number of benzene rings is 1. The van der Waals surface area contributed by atoms with Crippen molar-refractivity contribution in [2.24, 2.45) is 0 Å². The van der Waals surface area contributed by atoms with Crippen molar-refractivity contribution in [3.63, 3.8) is 0 Å². The molecule has 9 heteroatoms. The van der Waals surface area contributed by atoms with Gasteiger partial charge >= 0.3 is 5.97 Å². The lowest BCUT2D eigenvalue weighted by molar-refractivity contribution is -0.124. The second-order valence-corrected chi connectivity index (χ2v) is 7.93. The van der Waals surface area contributed by atoms with Gasteiger partial charge in [-0.3, -0.25) is 4.79 Å². The minimum atomic E-state index is -3.61. The number of rotatable bonds is 7. The van der Waals surface area contributed by atoms with Crippen LogP contribution in [0.5, 0.6) is 0 Å². The minimum Gasteiger partial charge on any atom is -0.452 e. The zero-order valence-electron chi connectivity index (χ0n) is 14.9. The molecular formula is C17H24N2O6S. The molecule has 144 valence electrons. The van der Waals surface area contributed by atoms with Gasteiger partial charge in [-0.2, -0.15) is 4.31 Å². The third-order valence-corrected chi connectivity index (χ3v) is 5.96. The van der Waals surface area contributed by atoms with E-state index in [1.807, 2.05) is 13.8 Å². The molecule has 0 radical (unpaired) electrons. The Morgan fingerprint density at radius 1 is 1.23 bits per heavy atom. The second kappa shape index (κ2) is 9.11. The number of ether oxygens (including phenoxy) is 2. The number of morpholine rings is 1. The summed E-state index contributed by atoms with van der Waals surface area (Å²) in [4.78, 5) is 23.7. The summed E-state index contributed by atoms with van der Waals surface area (Å²) >= 11 is 0. The number of nitrogens with zero attached hydrogens (tertiary/aromatic N) is 1. The third kappa shape index (κ3) is 5.26. The van der Waals surface area contributed by atoms with Crippen LogP contribution in [0.1, 0.15) is 30.6 Å². The van der Waals surface area contributed by atoms with Crippen LogP contribution in [0, 0.1) is 0 Å². The van der Waals surface area contributed by atoms with E-state index >= 15 is 0 Å². The summed E-state index contributed by atoms with van der Waals surface area (Å²) in [5.74, 6) is -1.06. The summed E-state index contributed by atoms with van der Waals surface area (Å²) in [5.41, 5.74) is 0.183. The maximum Gasteiger partial charge on any atom is 0.338 e. The van der Waals surface area contributed by atoms with Gasteiger partial charge < -0.3 is 14.8 Å². The van der Waals surface area contributed by atoms with E-state index in [0.717, 1.165) is 6.42 Å². The van der Waals surface area contributed by atoms with Gasteiger partial charge in [-0.15, -0.1) is 0 Å². The van der Waals surface area contributed by atoms with Crippen LogP contribution < -0.4 is 5.32 Å². The van der Waals surface area contributed by atoms with E-state index in [0.29, 0.717) is 26.3 Å². The molecule has 0 saturated carbocycles. The summed E-state index contributed by atoms with van der Waals surface area (Å²) in [6, 6.07) is 5.48. The van der Waals surface area contributed by atoms with Gasteiger partial charge in [0.25, 0.3) is 5.91 Å². The molecule has 1 aromatic rings. The highest BCUT2D eigenvalue weighted by Gasteiger charge is 2.26. The Kier molecular flexibility index (Phi) is 7.13. The van der Waals surface area contributed by atoms with Crippen LogP contribution in [0.4, 0.5) is 0 Å². The van der Waals surface area contributed by atoms with Crippen LogP contribution in [0.2, 0.25) is 0 Å². The average molecular weight is 384 g/mol. The molecule has 1 aliphatic rings. The molecule has 0 aliphatic carbocycles. The van der Waals surface area contributed by atoms with Crippen LogP contribution in [0.15, 0.2) is 29.2 Å². The molecule has 0 bridgehead atoms. The van der Waals surface area contributed by atoms with E-state index < -0.39 is 16.0 Å². The summed E-state index contributed by atoms with van der Waals surface area (Å²) in [6.07, 6.45) is 0.777. The zero-order chi connectivity index (χ0) is 19.2. The number of nitrogens with one attached hydrogen (secondary N) is 1. The Hall–Kier alpha value is -1.97. The van der Waals surface area contributed by atoms with Gasteiger partial charge in [0.2, 0.25) is 10.0 Å². The number of amides is 1. The molecule has 1 saturated heterocycles. The van der Waals surface area contributed by atoms with Gasteiger partial charge in [-0.25, -0.2) is 13.2 Å². The van der Waals surface area contributed by atoms with Crippen LogP contribution >= 0.6 is 0 Å². The van der Waals surface area contributed by atoms with Crippen LogP contribution in [-0.4, -0.2) is 63.6 Å². The summed E-state index contributed by atoms with van der Waals surface area (Å²) in [6.45, 7) is 4.74. The lowest BCUT2D eigenvalue weighted by Crippen LogP contribution is -2.40. The largest absolute Gasteiger partial charge is 0.452 e. The molecular weight excluding hydrogens is 360 g/mol. The van der Waals surface area contributed by atoms with Crippen molar-refractivity contribution in [3.8, 4) is 0 Å². The van der Waals surface area contributed by atoms with E-state index in [1.165, 1.54) is 28.6 Å². The van der Waals surface area contributed by atoms with Gasteiger partial charge in [0, 0.05) is 19.1 Å². The summed E-state index contributed by atoms with van der Waals surface area (Å²) in [7, 11) is -3.61. The van der Waals surface area contributed by atoms with Crippen LogP contribution in [0.3, 0.4) is 0 Å². The van der Waals surface area contributed by atoms with Gasteiger partial charge in [-0.05, 0) is 37.6 Å². The van der Waals surface area contributed by atoms with Crippen molar-refractivity contribution in [1.29, 1.82) is 0 Å². The van der Waals surface area contributed by atoms with Crippen molar-refractivity contribution in [2.45, 2.75) is 31.2 Å². The molecule has 1 aliphatic heterocycles. The molecule has 0 spiro atoms. The minimum absolute atomic E-state index is 0.00544. The predicted octanol–water partition coefficient (Wildman–Crippen LogP) is 0.779. The van der Waals surface area contributed by atoms with E-state index in [-0.39, 0.29) is 29.0 Å². The molecule has 0 aromatic heterocycles. The first-order valence-electron chi connectivity index (χ1n) is 8.49. The van der Waals surface area contributed by atoms with Gasteiger partial charge in [0.1, 0.15) is 0 Å². The van der Waals surface area contributed by atoms with Gasteiger partial charge in [0.05, 0.1) is 23.7 Å². The van der Waals surface area contributed by atoms with Gasteiger partial charge in [-0.1, -0.05) is 6.92 Å². The predicted molar refractivity (Wildman–Crippen MR) is 94.2 cm³/mol. The van der Waals surface area contributed by atoms with E-state index in [2.05, 4.69) is 5.32 Å². The monoisotopic (exact) mass is 384 g/mol. The van der Waals surface area contributed by atoms with Crippen LogP contribution in [0.25, 0.3) is 0 Å². The smallest absolute Gasteiger partial charge is 0.338 e. The fourth-order valence-electron chi connectivity index (χ4n) is 2.33. The second-order valence-electron chi connectivity index (χ2n) is 5.99. The molecule has 26 heavy (non-hydrogen) atoms. The van der Waals surface area contributed by atoms with E-state index in [9.17, 15) is 18.0 Å². The normalized spacial score (nSPS) is 16.7. The van der Waals surface area contributed by atoms with Crippen LogP contribution in [-0.2, 0) is 24.3 Å². The SMILES string of the molecule is CC[C@H](C)NC(=O)COC(=O)c1ccc(S(=O)(=O)N2CCOCC2)cc1. The number of carbonyl (C=O) groups is 2. The van der Waals surface area contributed by atoms with Gasteiger partial charge in [0.15, 0.2) is 6.61 Å². The Labute approximate surface area is 153 Å². The first-order chi connectivity index (χ1) is 12.3. The lowest BCUT2D eigenvalue weighted by atomic mass is 10.2. The topological polar surface area (TPSA) is 102 Å². The average Bonchev–Trinajstić information content (AvgIpc) is 2.66. The molecule has 1 heterocycles. The molecule has 8 nitrogen and oxygen atoms in total. The first kappa shape index (κ1) is 20.3. The Morgan fingerprint density at radius 3 is 2.42 bits per heavy atom. The molecule has 1 amide bonds.